The Bertz CT molecular complexity index is 3690. The first-order chi connectivity index (χ1) is 32.2. The van der Waals surface area contributed by atoms with Crippen molar-refractivity contribution in [3.05, 3.63) is 243 Å². The number of benzene rings is 10. The van der Waals surface area contributed by atoms with E-state index in [1.165, 1.54) is 77.9 Å². The topological polar surface area (TPSA) is 6.48 Å². The molecular weight excluding hydrogens is 841 g/mol. The third kappa shape index (κ3) is 5.97. The van der Waals surface area contributed by atoms with Gasteiger partial charge in [-0.1, -0.05) is 152 Å². The maximum Gasteiger partial charge on any atom is 0.181 e. The molecule has 1 aliphatic rings. The second kappa shape index (κ2) is 15.3. The van der Waals surface area contributed by atoms with Crippen molar-refractivity contribution >= 4 is 126 Å². The molecule has 0 spiro atoms. The molecular formula is C60H40N2S2Si. The van der Waals surface area contributed by atoms with Gasteiger partial charge in [-0.05, 0) is 117 Å². The highest BCUT2D eigenvalue weighted by Crippen LogP contribution is 2.47. The Morgan fingerprint density at radius 1 is 0.292 bits per heavy atom. The van der Waals surface area contributed by atoms with Gasteiger partial charge < -0.3 is 9.80 Å². The minimum atomic E-state index is -2.97. The molecule has 0 saturated heterocycles. The van der Waals surface area contributed by atoms with Gasteiger partial charge in [-0.3, -0.25) is 0 Å². The minimum absolute atomic E-state index is 1.13. The number of anilines is 6. The van der Waals surface area contributed by atoms with E-state index >= 15 is 0 Å². The van der Waals surface area contributed by atoms with Crippen molar-refractivity contribution in [2.45, 2.75) is 0 Å². The molecule has 3 heterocycles. The Morgan fingerprint density at radius 2 is 0.738 bits per heavy atom. The standard InChI is InChI=1S/C60H40N2S2Si/c1-5-18-41(19-6-1)61(43-33-36-56-51(38-43)48-26-13-15-29-54(48)63-56)45-32-35-50-59(40-45)65(46-22-9-3-10-23-46,47-24-11-4-12-25-47)58-31-17-28-53(60(50)58)62(42-20-7-2-8-21-42)44-34-37-57-52(39-44)49-27-14-16-30-55(49)64-57/h1-40H. The molecule has 0 fully saturated rings. The fourth-order valence-electron chi connectivity index (χ4n) is 10.6. The molecule has 0 saturated carbocycles. The zero-order chi connectivity index (χ0) is 42.9. The summed E-state index contributed by atoms with van der Waals surface area (Å²) in [6.45, 7) is 0. The molecule has 0 unspecified atom stereocenters. The molecule has 306 valence electrons. The second-order valence-electron chi connectivity index (χ2n) is 16.8. The quantitative estimate of drug-likeness (QED) is 0.140. The number of para-hydroxylation sites is 2. The average molecular weight is 881 g/mol. The van der Waals surface area contributed by atoms with E-state index in [1.807, 2.05) is 22.7 Å². The Kier molecular flexibility index (Phi) is 8.95. The van der Waals surface area contributed by atoms with Crippen LogP contribution in [0.5, 0.6) is 0 Å². The van der Waals surface area contributed by atoms with Crippen LogP contribution >= 0.6 is 22.7 Å². The summed E-state index contributed by atoms with van der Waals surface area (Å²) in [7, 11) is -2.97. The first kappa shape index (κ1) is 38.0. The van der Waals surface area contributed by atoms with Crippen molar-refractivity contribution in [1.82, 2.24) is 0 Å². The highest BCUT2D eigenvalue weighted by molar-refractivity contribution is 7.26. The molecule has 0 aliphatic carbocycles. The normalized spacial score (nSPS) is 12.7. The molecule has 5 heteroatoms. The van der Waals surface area contributed by atoms with Gasteiger partial charge in [0.25, 0.3) is 0 Å². The first-order valence-corrected chi connectivity index (χ1v) is 25.8. The van der Waals surface area contributed by atoms with Crippen LogP contribution in [0.2, 0.25) is 0 Å². The summed E-state index contributed by atoms with van der Waals surface area (Å²) >= 11 is 3.73. The van der Waals surface area contributed by atoms with Crippen molar-refractivity contribution in [1.29, 1.82) is 0 Å². The number of hydrogen-bond donors (Lipinski definition) is 0. The van der Waals surface area contributed by atoms with Crippen LogP contribution in [0.4, 0.5) is 34.1 Å². The first-order valence-electron chi connectivity index (χ1n) is 22.2. The zero-order valence-corrected chi connectivity index (χ0v) is 37.9. The van der Waals surface area contributed by atoms with Crippen LogP contribution in [0.25, 0.3) is 51.5 Å². The summed E-state index contributed by atoms with van der Waals surface area (Å²) in [6, 6.07) is 90.6. The number of hydrogen-bond acceptors (Lipinski definition) is 4. The van der Waals surface area contributed by atoms with Crippen LogP contribution in [0, 0.1) is 0 Å². The van der Waals surface area contributed by atoms with E-state index in [1.54, 1.807) is 0 Å². The lowest BCUT2D eigenvalue weighted by Crippen LogP contribution is -2.72. The van der Waals surface area contributed by atoms with Gasteiger partial charge in [0.05, 0.1) is 5.69 Å². The molecule has 0 bridgehead atoms. The largest absolute Gasteiger partial charge is 0.310 e. The zero-order valence-electron chi connectivity index (χ0n) is 35.3. The van der Waals surface area contributed by atoms with Crippen LogP contribution in [0.1, 0.15) is 0 Å². The number of thiophene rings is 2. The molecule has 0 atom stereocenters. The lowest BCUT2D eigenvalue weighted by molar-refractivity contribution is 1.29. The fraction of sp³-hybridized carbons (Fsp3) is 0. The van der Waals surface area contributed by atoms with Crippen molar-refractivity contribution in [2.24, 2.45) is 0 Å². The highest BCUT2D eigenvalue weighted by Gasteiger charge is 2.50. The molecule has 0 amide bonds. The molecule has 1 aliphatic heterocycles. The maximum absolute atomic E-state index is 2.97. The van der Waals surface area contributed by atoms with E-state index in [-0.39, 0.29) is 0 Å². The monoisotopic (exact) mass is 880 g/mol. The smallest absolute Gasteiger partial charge is 0.181 e. The lowest BCUT2D eigenvalue weighted by Gasteiger charge is -2.33. The van der Waals surface area contributed by atoms with Crippen LogP contribution in [-0.2, 0) is 0 Å². The van der Waals surface area contributed by atoms with Crippen LogP contribution in [-0.4, -0.2) is 8.07 Å². The Hall–Kier alpha value is -7.54. The van der Waals surface area contributed by atoms with E-state index in [2.05, 4.69) is 252 Å². The lowest BCUT2D eigenvalue weighted by atomic mass is 10.0. The summed E-state index contributed by atoms with van der Waals surface area (Å²) in [5.74, 6) is 0. The van der Waals surface area contributed by atoms with Gasteiger partial charge >= 0.3 is 0 Å². The van der Waals surface area contributed by atoms with Crippen molar-refractivity contribution < 1.29 is 0 Å². The van der Waals surface area contributed by atoms with Crippen molar-refractivity contribution in [2.75, 3.05) is 9.80 Å². The molecule has 0 radical (unpaired) electrons. The van der Waals surface area contributed by atoms with Crippen molar-refractivity contribution in [3.63, 3.8) is 0 Å². The summed E-state index contributed by atoms with van der Waals surface area (Å²) < 4.78 is 5.22. The van der Waals surface area contributed by atoms with Gasteiger partial charge in [0.2, 0.25) is 0 Å². The molecule has 10 aromatic carbocycles. The van der Waals surface area contributed by atoms with Gasteiger partial charge in [0.15, 0.2) is 8.07 Å². The van der Waals surface area contributed by atoms with E-state index in [9.17, 15) is 0 Å². The third-order valence-electron chi connectivity index (χ3n) is 13.3. The Morgan fingerprint density at radius 3 is 1.31 bits per heavy atom. The van der Waals surface area contributed by atoms with Gasteiger partial charge in [0, 0.05) is 74.3 Å². The van der Waals surface area contributed by atoms with E-state index < -0.39 is 8.07 Å². The molecule has 12 aromatic rings. The van der Waals surface area contributed by atoms with E-state index in [0.29, 0.717) is 0 Å². The second-order valence-corrected chi connectivity index (χ2v) is 22.7. The number of fused-ring (bicyclic) bond motifs is 9. The van der Waals surface area contributed by atoms with Crippen LogP contribution < -0.4 is 30.5 Å². The summed E-state index contributed by atoms with van der Waals surface area (Å²) in [5.41, 5.74) is 9.44. The summed E-state index contributed by atoms with van der Waals surface area (Å²) in [4.78, 5) is 4.96. The maximum atomic E-state index is 2.55. The van der Waals surface area contributed by atoms with Gasteiger partial charge in [-0.25, -0.2) is 0 Å². The Labute approximate surface area is 387 Å². The molecule has 2 nitrogen and oxygen atoms in total. The van der Waals surface area contributed by atoms with Crippen molar-refractivity contribution in [3.8, 4) is 11.1 Å². The molecule has 2 aromatic heterocycles. The fourth-order valence-corrected chi connectivity index (χ4v) is 18.0. The number of nitrogens with zero attached hydrogens (tertiary/aromatic N) is 2. The predicted molar refractivity (Wildman–Crippen MR) is 284 cm³/mol. The Balaban J connectivity index is 1.10. The van der Waals surface area contributed by atoms with Crippen LogP contribution in [0.3, 0.4) is 0 Å². The number of rotatable bonds is 8. The molecule has 0 N–H and O–H groups in total. The summed E-state index contributed by atoms with van der Waals surface area (Å²) in [5, 5.41) is 10.7. The predicted octanol–water partition coefficient (Wildman–Crippen LogP) is 14.7. The van der Waals surface area contributed by atoms with E-state index in [4.69, 9.17) is 0 Å². The highest BCUT2D eigenvalue weighted by atomic mass is 32.1. The minimum Gasteiger partial charge on any atom is -0.310 e. The third-order valence-corrected chi connectivity index (χ3v) is 20.5. The summed E-state index contributed by atoms with van der Waals surface area (Å²) in [6.07, 6.45) is 0. The van der Waals surface area contributed by atoms with E-state index in [0.717, 1.165) is 28.4 Å². The van der Waals surface area contributed by atoms with Gasteiger partial charge in [-0.15, -0.1) is 22.7 Å². The molecule has 13 rings (SSSR count). The SMILES string of the molecule is c1ccc(N(c2ccc3c(c2)[Si](c2ccccc2)(c2ccccc2)c2cccc(N(c4ccccc4)c4ccc5sc6ccccc6c5c4)c2-3)c2ccc3sc4ccccc4c3c2)cc1. The average Bonchev–Trinajstić information content (AvgIpc) is 4.03. The van der Waals surface area contributed by atoms with Gasteiger partial charge in [-0.2, -0.15) is 0 Å². The molecule has 65 heavy (non-hydrogen) atoms. The van der Waals surface area contributed by atoms with Gasteiger partial charge in [0.1, 0.15) is 0 Å². The van der Waals surface area contributed by atoms with Crippen LogP contribution in [0.15, 0.2) is 243 Å².